The van der Waals surface area contributed by atoms with Crippen molar-refractivity contribution >= 4 is 0 Å². The maximum Gasteiger partial charge on any atom is 0.0114 e. The van der Waals surface area contributed by atoms with E-state index in [4.69, 9.17) is 0 Å². The molecule has 0 amide bonds. The molecule has 2 atom stereocenters. The second-order valence-corrected chi connectivity index (χ2v) is 6.09. The minimum absolute atomic E-state index is 0.815. The summed E-state index contributed by atoms with van der Waals surface area (Å²) in [6.07, 6.45) is 10.2. The lowest BCUT2D eigenvalue weighted by molar-refractivity contribution is 0.178. The van der Waals surface area contributed by atoms with Gasteiger partial charge in [-0.25, -0.2) is 0 Å². The van der Waals surface area contributed by atoms with E-state index in [0.717, 1.165) is 30.6 Å². The van der Waals surface area contributed by atoms with E-state index in [1.54, 1.807) is 0 Å². The second kappa shape index (κ2) is 4.66. The number of rotatable bonds is 6. The van der Waals surface area contributed by atoms with Crippen LogP contribution in [-0.4, -0.2) is 36.1 Å². The highest BCUT2D eigenvalue weighted by atomic mass is 15.2. The first kappa shape index (κ1) is 11.0. The zero-order chi connectivity index (χ0) is 11.0. The minimum atomic E-state index is 0.815. The number of hydrogen-bond donors (Lipinski definition) is 1. The lowest BCUT2D eigenvalue weighted by atomic mass is 10.2. The van der Waals surface area contributed by atoms with Gasteiger partial charge in [-0.3, -0.25) is 4.90 Å². The highest BCUT2D eigenvalue weighted by Gasteiger charge is 2.39. The molecule has 2 nitrogen and oxygen atoms in total. The molecule has 1 N–H and O–H groups in total. The van der Waals surface area contributed by atoms with Crippen LogP contribution in [0, 0.1) is 5.92 Å². The molecule has 16 heavy (non-hydrogen) atoms. The fourth-order valence-corrected chi connectivity index (χ4v) is 3.33. The van der Waals surface area contributed by atoms with Gasteiger partial charge in [0.05, 0.1) is 0 Å². The first-order valence-corrected chi connectivity index (χ1v) is 7.36. The summed E-state index contributed by atoms with van der Waals surface area (Å²) in [5.74, 6) is 1.07. The zero-order valence-electron chi connectivity index (χ0n) is 10.6. The van der Waals surface area contributed by atoms with E-state index in [2.05, 4.69) is 17.1 Å². The summed E-state index contributed by atoms with van der Waals surface area (Å²) in [6, 6.07) is 2.71. The molecule has 3 aliphatic carbocycles. The Balaban J connectivity index is 1.52. The van der Waals surface area contributed by atoms with Crippen LogP contribution in [0.3, 0.4) is 0 Å². The Bertz CT molecular complexity index is 233. The Morgan fingerprint density at radius 2 is 1.75 bits per heavy atom. The topological polar surface area (TPSA) is 15.3 Å². The summed E-state index contributed by atoms with van der Waals surface area (Å²) < 4.78 is 0. The van der Waals surface area contributed by atoms with Crippen LogP contribution in [0.1, 0.15) is 51.9 Å². The molecule has 3 saturated carbocycles. The van der Waals surface area contributed by atoms with Crippen molar-refractivity contribution in [1.82, 2.24) is 10.2 Å². The molecule has 0 heterocycles. The summed E-state index contributed by atoms with van der Waals surface area (Å²) in [5, 5.41) is 3.63. The van der Waals surface area contributed by atoms with Crippen LogP contribution in [0.15, 0.2) is 0 Å². The molecule has 0 aromatic carbocycles. The van der Waals surface area contributed by atoms with E-state index < -0.39 is 0 Å². The fourth-order valence-electron chi connectivity index (χ4n) is 3.33. The monoisotopic (exact) mass is 222 g/mol. The van der Waals surface area contributed by atoms with Gasteiger partial charge in [-0.1, -0.05) is 6.92 Å². The van der Waals surface area contributed by atoms with Gasteiger partial charge in [-0.05, 0) is 57.4 Å². The number of nitrogens with one attached hydrogen (secondary N) is 1. The first-order valence-electron chi connectivity index (χ1n) is 7.36. The summed E-state index contributed by atoms with van der Waals surface area (Å²) >= 11 is 0. The molecular formula is C14H26N2. The molecule has 0 radical (unpaired) electrons. The molecule has 2 heteroatoms. The van der Waals surface area contributed by atoms with Crippen LogP contribution < -0.4 is 5.32 Å². The number of hydrogen-bond acceptors (Lipinski definition) is 2. The molecule has 0 aromatic rings. The quantitative estimate of drug-likeness (QED) is 0.742. The van der Waals surface area contributed by atoms with Crippen molar-refractivity contribution in [3.8, 4) is 0 Å². The normalized spacial score (nSPS) is 34.9. The van der Waals surface area contributed by atoms with Crippen molar-refractivity contribution in [3.05, 3.63) is 0 Å². The average Bonchev–Trinajstić information content (AvgIpc) is 3.17. The molecule has 0 bridgehead atoms. The third-order valence-corrected chi connectivity index (χ3v) is 4.55. The Hall–Kier alpha value is -0.0800. The van der Waals surface area contributed by atoms with Gasteiger partial charge in [0.25, 0.3) is 0 Å². The molecule has 3 fully saturated rings. The van der Waals surface area contributed by atoms with Crippen LogP contribution in [0.5, 0.6) is 0 Å². The van der Waals surface area contributed by atoms with Crippen LogP contribution >= 0.6 is 0 Å². The van der Waals surface area contributed by atoms with Crippen molar-refractivity contribution < 1.29 is 0 Å². The van der Waals surface area contributed by atoms with Gasteiger partial charge in [-0.2, -0.15) is 0 Å². The van der Waals surface area contributed by atoms with Gasteiger partial charge in [0.2, 0.25) is 0 Å². The van der Waals surface area contributed by atoms with Gasteiger partial charge in [0.15, 0.2) is 0 Å². The molecule has 0 saturated heterocycles. The lowest BCUT2D eigenvalue weighted by Gasteiger charge is -2.29. The van der Waals surface area contributed by atoms with E-state index in [0.29, 0.717) is 0 Å². The van der Waals surface area contributed by atoms with Gasteiger partial charge in [0, 0.05) is 24.7 Å². The first-order chi connectivity index (χ1) is 7.86. The Morgan fingerprint density at radius 3 is 2.38 bits per heavy atom. The highest BCUT2D eigenvalue weighted by Crippen LogP contribution is 2.39. The predicted molar refractivity (Wildman–Crippen MR) is 67.6 cm³/mol. The molecule has 0 aliphatic heterocycles. The minimum Gasteiger partial charge on any atom is -0.314 e. The van der Waals surface area contributed by atoms with Crippen LogP contribution in [0.2, 0.25) is 0 Å². The van der Waals surface area contributed by atoms with E-state index in [9.17, 15) is 0 Å². The Kier molecular flexibility index (Phi) is 3.21. The number of nitrogens with zero attached hydrogens (tertiary/aromatic N) is 1. The van der Waals surface area contributed by atoms with Crippen LogP contribution in [-0.2, 0) is 0 Å². The van der Waals surface area contributed by atoms with Gasteiger partial charge in [0.1, 0.15) is 0 Å². The predicted octanol–water partition coefficient (Wildman–Crippen LogP) is 2.39. The van der Waals surface area contributed by atoms with Crippen molar-refractivity contribution in [2.24, 2.45) is 5.92 Å². The summed E-state index contributed by atoms with van der Waals surface area (Å²) in [6.45, 7) is 4.80. The van der Waals surface area contributed by atoms with E-state index in [-0.39, 0.29) is 0 Å². The SMILES string of the molecule is CCNC1CCC(N(CC2CC2)C2CC2)C1. The molecular weight excluding hydrogens is 196 g/mol. The summed E-state index contributed by atoms with van der Waals surface area (Å²) in [5.41, 5.74) is 0. The molecule has 3 rings (SSSR count). The standard InChI is InChI=1S/C14H26N2/c1-2-15-12-5-6-14(9-12)16(13-7-8-13)10-11-3-4-11/h11-15H,2-10H2,1H3. The lowest BCUT2D eigenvalue weighted by Crippen LogP contribution is -2.38. The van der Waals surface area contributed by atoms with E-state index in [1.165, 1.54) is 51.5 Å². The van der Waals surface area contributed by atoms with Gasteiger partial charge in [-0.15, -0.1) is 0 Å². The van der Waals surface area contributed by atoms with Crippen LogP contribution in [0.25, 0.3) is 0 Å². The third kappa shape index (κ3) is 2.60. The summed E-state index contributed by atoms with van der Waals surface area (Å²) in [4.78, 5) is 2.88. The van der Waals surface area contributed by atoms with Crippen LogP contribution in [0.4, 0.5) is 0 Å². The van der Waals surface area contributed by atoms with Crippen molar-refractivity contribution in [1.29, 1.82) is 0 Å². The Labute approximate surface area is 99.8 Å². The summed E-state index contributed by atoms with van der Waals surface area (Å²) in [7, 11) is 0. The molecule has 0 spiro atoms. The van der Waals surface area contributed by atoms with Crippen molar-refractivity contribution in [2.45, 2.75) is 70.0 Å². The fraction of sp³-hybridized carbons (Fsp3) is 1.00. The molecule has 2 unspecified atom stereocenters. The van der Waals surface area contributed by atoms with Crippen molar-refractivity contribution in [2.75, 3.05) is 13.1 Å². The molecule has 3 aliphatic rings. The van der Waals surface area contributed by atoms with Gasteiger partial charge < -0.3 is 5.32 Å². The smallest absolute Gasteiger partial charge is 0.0114 e. The van der Waals surface area contributed by atoms with E-state index >= 15 is 0 Å². The zero-order valence-corrected chi connectivity index (χ0v) is 10.6. The Morgan fingerprint density at radius 1 is 1.00 bits per heavy atom. The maximum atomic E-state index is 3.63. The second-order valence-electron chi connectivity index (χ2n) is 6.09. The van der Waals surface area contributed by atoms with E-state index in [1.807, 2.05) is 0 Å². The largest absolute Gasteiger partial charge is 0.314 e. The molecule has 0 aromatic heterocycles. The maximum absolute atomic E-state index is 3.63. The average molecular weight is 222 g/mol. The molecule has 92 valence electrons. The third-order valence-electron chi connectivity index (χ3n) is 4.55. The van der Waals surface area contributed by atoms with Crippen molar-refractivity contribution in [3.63, 3.8) is 0 Å². The highest BCUT2D eigenvalue weighted by molar-refractivity contribution is 4.96. The van der Waals surface area contributed by atoms with Gasteiger partial charge >= 0.3 is 0 Å².